The lowest BCUT2D eigenvalue weighted by Gasteiger charge is -2.23. The first-order valence-electron chi connectivity index (χ1n) is 15.7. The normalized spacial score (nSPS) is 12.2. The molecule has 5 aromatic rings. The molecule has 0 fully saturated rings. The second-order valence-electron chi connectivity index (χ2n) is 11.4. The van der Waals surface area contributed by atoms with Crippen LogP contribution in [0.2, 0.25) is 0 Å². The van der Waals surface area contributed by atoms with Crippen molar-refractivity contribution in [1.29, 1.82) is 0 Å². The van der Waals surface area contributed by atoms with Crippen LogP contribution in [-0.2, 0) is 27.4 Å². The van der Waals surface area contributed by atoms with Crippen molar-refractivity contribution < 1.29 is 23.5 Å². The van der Waals surface area contributed by atoms with Crippen LogP contribution in [0.15, 0.2) is 106 Å². The van der Waals surface area contributed by atoms with Gasteiger partial charge >= 0.3 is 11.7 Å². The number of unbranched alkanes of at least 4 members (excludes halogenated alkanes) is 1. The van der Waals surface area contributed by atoms with Gasteiger partial charge in [0.15, 0.2) is 0 Å². The number of hydrogen-bond donors (Lipinski definition) is 4. The lowest BCUT2D eigenvalue weighted by Crippen LogP contribution is -2.53. The Morgan fingerprint density at radius 3 is 2.38 bits per heavy atom. The van der Waals surface area contributed by atoms with Gasteiger partial charge in [-0.1, -0.05) is 60.7 Å². The van der Waals surface area contributed by atoms with E-state index >= 15 is 0 Å². The molecule has 11 heteroatoms. The smallest absolute Gasteiger partial charge is 0.408 e. The number of nitrogens with one attached hydrogen (secondary N) is 3. The number of carbonyl (C=O) groups is 3. The number of hydrogen-bond acceptors (Lipinski definition) is 8. The van der Waals surface area contributed by atoms with Crippen LogP contribution in [0.1, 0.15) is 36.0 Å². The third-order valence-electron chi connectivity index (χ3n) is 7.82. The van der Waals surface area contributed by atoms with Crippen molar-refractivity contribution in [3.63, 3.8) is 0 Å². The van der Waals surface area contributed by atoms with Crippen molar-refractivity contribution in [3.8, 4) is 10.4 Å². The van der Waals surface area contributed by atoms with Gasteiger partial charge in [-0.25, -0.2) is 9.59 Å². The molecular weight excluding hydrogens is 628 g/mol. The summed E-state index contributed by atoms with van der Waals surface area (Å²) in [4.78, 5) is 53.3. The molecule has 2 unspecified atom stereocenters. The molecule has 0 aliphatic rings. The van der Waals surface area contributed by atoms with Crippen molar-refractivity contribution in [1.82, 2.24) is 10.6 Å². The predicted molar refractivity (Wildman–Crippen MR) is 188 cm³/mol. The zero-order valence-electron chi connectivity index (χ0n) is 26.6. The van der Waals surface area contributed by atoms with Gasteiger partial charge < -0.3 is 30.8 Å². The summed E-state index contributed by atoms with van der Waals surface area (Å²) in [5.41, 5.74) is 9.39. The van der Waals surface area contributed by atoms with E-state index in [1.807, 2.05) is 72.1 Å². The molecular formula is C37H38N4O6S. The van der Waals surface area contributed by atoms with Gasteiger partial charge in [0.1, 0.15) is 24.3 Å². The second-order valence-corrected chi connectivity index (χ2v) is 12.4. The molecule has 0 aliphatic carbocycles. The zero-order chi connectivity index (χ0) is 33.9. The summed E-state index contributed by atoms with van der Waals surface area (Å²) >= 11 is 1.63. The minimum atomic E-state index is -1.04. The molecule has 2 atom stereocenters. The summed E-state index contributed by atoms with van der Waals surface area (Å²) < 4.78 is 10.8. The molecule has 5 N–H and O–H groups in total. The van der Waals surface area contributed by atoms with Crippen LogP contribution in [0, 0.1) is 6.92 Å². The molecule has 0 saturated heterocycles. The number of benzene rings is 3. The van der Waals surface area contributed by atoms with Gasteiger partial charge in [0, 0.05) is 34.5 Å². The molecule has 5 rings (SSSR count). The Morgan fingerprint density at radius 1 is 0.854 bits per heavy atom. The SMILES string of the molecule is Cc1cc(=O)oc2cc(NC(=O)C(CCCCN)NC(=O)C(Cc3ccc(-c4cccs4)cc3)NC(=O)OCc3ccccc3)ccc12. The summed E-state index contributed by atoms with van der Waals surface area (Å²) in [5.74, 6) is -0.998. The maximum Gasteiger partial charge on any atom is 0.408 e. The first kappa shape index (κ1) is 34.1. The van der Waals surface area contributed by atoms with Crippen LogP contribution in [-0.4, -0.2) is 36.5 Å². The van der Waals surface area contributed by atoms with Crippen molar-refractivity contribution in [2.75, 3.05) is 11.9 Å². The van der Waals surface area contributed by atoms with E-state index in [9.17, 15) is 19.2 Å². The zero-order valence-corrected chi connectivity index (χ0v) is 27.4. The fraction of sp³-hybridized carbons (Fsp3) is 0.243. The van der Waals surface area contributed by atoms with Crippen LogP contribution < -0.4 is 27.3 Å². The number of amides is 3. The number of fused-ring (bicyclic) bond motifs is 1. The number of rotatable bonds is 14. The molecule has 48 heavy (non-hydrogen) atoms. The Kier molecular flexibility index (Phi) is 11.7. The Balaban J connectivity index is 1.32. The van der Waals surface area contributed by atoms with E-state index in [2.05, 4.69) is 16.0 Å². The van der Waals surface area contributed by atoms with Gasteiger partial charge in [0.25, 0.3) is 0 Å². The highest BCUT2D eigenvalue weighted by Crippen LogP contribution is 2.25. The van der Waals surface area contributed by atoms with Crippen molar-refractivity contribution >= 4 is 45.9 Å². The number of aryl methyl sites for hydroxylation is 1. The van der Waals surface area contributed by atoms with E-state index < -0.39 is 35.6 Å². The minimum absolute atomic E-state index is 0.0338. The van der Waals surface area contributed by atoms with Crippen molar-refractivity contribution in [2.24, 2.45) is 5.73 Å². The highest BCUT2D eigenvalue weighted by Gasteiger charge is 2.28. The van der Waals surface area contributed by atoms with Gasteiger partial charge in [-0.05, 0) is 78.6 Å². The molecule has 0 aliphatic heterocycles. The first-order chi connectivity index (χ1) is 23.3. The number of thiophene rings is 1. The quantitative estimate of drug-likeness (QED) is 0.0848. The summed E-state index contributed by atoms with van der Waals surface area (Å²) in [7, 11) is 0. The lowest BCUT2D eigenvalue weighted by molar-refractivity contribution is -0.128. The Bertz CT molecular complexity index is 1890. The maximum absolute atomic E-state index is 13.8. The van der Waals surface area contributed by atoms with E-state index in [4.69, 9.17) is 14.9 Å². The van der Waals surface area contributed by atoms with Crippen LogP contribution in [0.4, 0.5) is 10.5 Å². The summed E-state index contributed by atoms with van der Waals surface area (Å²) in [5, 5.41) is 11.1. The Morgan fingerprint density at radius 2 is 1.65 bits per heavy atom. The van der Waals surface area contributed by atoms with Gasteiger partial charge in [-0.3, -0.25) is 9.59 Å². The highest BCUT2D eigenvalue weighted by molar-refractivity contribution is 7.13. The summed E-state index contributed by atoms with van der Waals surface area (Å²) in [6.45, 7) is 2.27. The Hall–Kier alpha value is -5.26. The predicted octanol–water partition coefficient (Wildman–Crippen LogP) is 5.92. The van der Waals surface area contributed by atoms with Crippen LogP contribution in [0.3, 0.4) is 0 Å². The van der Waals surface area contributed by atoms with E-state index in [1.54, 1.807) is 36.5 Å². The summed E-state index contributed by atoms with van der Waals surface area (Å²) in [6, 6.07) is 25.5. The number of carbonyl (C=O) groups excluding carboxylic acids is 3. The van der Waals surface area contributed by atoms with Gasteiger partial charge in [0.05, 0.1) is 0 Å². The molecule has 0 spiro atoms. The highest BCUT2D eigenvalue weighted by atomic mass is 32.1. The van der Waals surface area contributed by atoms with Gasteiger partial charge in [-0.15, -0.1) is 11.3 Å². The van der Waals surface area contributed by atoms with E-state index in [0.29, 0.717) is 37.1 Å². The number of ether oxygens (including phenoxy) is 1. The minimum Gasteiger partial charge on any atom is -0.445 e. The van der Waals surface area contributed by atoms with Crippen LogP contribution in [0.5, 0.6) is 0 Å². The molecule has 10 nitrogen and oxygen atoms in total. The average Bonchev–Trinajstić information content (AvgIpc) is 3.62. The third kappa shape index (κ3) is 9.40. The third-order valence-corrected chi connectivity index (χ3v) is 8.74. The van der Waals surface area contributed by atoms with Crippen LogP contribution in [0.25, 0.3) is 21.4 Å². The average molecular weight is 667 g/mol. The molecule has 0 bridgehead atoms. The Labute approximate surface area is 282 Å². The topological polar surface area (TPSA) is 153 Å². The van der Waals surface area contributed by atoms with Crippen molar-refractivity contribution in [2.45, 2.75) is 51.3 Å². The molecule has 248 valence electrons. The molecule has 2 aromatic heterocycles. The maximum atomic E-state index is 13.8. The lowest BCUT2D eigenvalue weighted by atomic mass is 10.0. The van der Waals surface area contributed by atoms with E-state index in [0.717, 1.165) is 32.5 Å². The number of alkyl carbamates (subject to hydrolysis) is 1. The van der Waals surface area contributed by atoms with E-state index in [-0.39, 0.29) is 13.0 Å². The van der Waals surface area contributed by atoms with Gasteiger partial charge in [0.2, 0.25) is 11.8 Å². The largest absolute Gasteiger partial charge is 0.445 e. The fourth-order valence-corrected chi connectivity index (χ4v) is 6.00. The van der Waals surface area contributed by atoms with E-state index in [1.165, 1.54) is 6.07 Å². The van der Waals surface area contributed by atoms with Crippen molar-refractivity contribution in [3.05, 3.63) is 123 Å². The first-order valence-corrected chi connectivity index (χ1v) is 16.6. The van der Waals surface area contributed by atoms with Gasteiger partial charge in [-0.2, -0.15) is 0 Å². The molecule has 0 radical (unpaired) electrons. The monoisotopic (exact) mass is 666 g/mol. The molecule has 0 saturated carbocycles. The molecule has 3 aromatic carbocycles. The molecule has 2 heterocycles. The molecule has 3 amide bonds. The summed E-state index contributed by atoms with van der Waals surface area (Å²) in [6.07, 6.45) is 0.965. The number of nitrogens with two attached hydrogens (primary N) is 1. The van der Waals surface area contributed by atoms with Crippen LogP contribution >= 0.6 is 11.3 Å². The second kappa shape index (κ2) is 16.5. The standard InChI is InChI=1S/C37H38N4O6S/c1-24-20-34(42)47-32-22-28(16-17-29(24)32)39-35(43)30(10-5-6-18-38)40-36(44)31(41-37(45)46-23-26-8-3-2-4-9-26)21-25-12-14-27(15-13-25)33-11-7-19-48-33/h2-4,7-9,11-17,19-20,22,30-31H,5-6,10,18,21,23,38H2,1H3,(H,39,43)(H,40,44)(H,41,45). The fourth-order valence-electron chi connectivity index (χ4n) is 5.27. The number of anilines is 1.